The highest BCUT2D eigenvalue weighted by Crippen LogP contribution is 2.36. The van der Waals surface area contributed by atoms with Gasteiger partial charge in [0, 0.05) is 30.0 Å². The topological polar surface area (TPSA) is 75.7 Å². The summed E-state index contributed by atoms with van der Waals surface area (Å²) >= 11 is 1.81. The minimum absolute atomic E-state index is 0.100. The molecule has 2 unspecified atom stereocenters. The number of benzene rings is 1. The van der Waals surface area contributed by atoms with E-state index >= 15 is 0 Å². The van der Waals surface area contributed by atoms with Crippen molar-refractivity contribution in [3.63, 3.8) is 0 Å². The molecule has 1 saturated carbocycles. The molecule has 4 atom stereocenters. The summed E-state index contributed by atoms with van der Waals surface area (Å²) in [5.41, 5.74) is 1.72. The summed E-state index contributed by atoms with van der Waals surface area (Å²) in [6.45, 7) is 8.38. The Morgan fingerprint density at radius 2 is 1.84 bits per heavy atom. The van der Waals surface area contributed by atoms with Crippen LogP contribution in [0.5, 0.6) is 0 Å². The number of hydrogen-bond donors (Lipinski definition) is 1. The summed E-state index contributed by atoms with van der Waals surface area (Å²) in [5, 5.41) is 2.37. The van der Waals surface area contributed by atoms with Crippen molar-refractivity contribution in [1.29, 1.82) is 0 Å². The molecule has 1 aliphatic carbocycles. The van der Waals surface area contributed by atoms with Gasteiger partial charge >= 0.3 is 0 Å². The molecule has 3 amide bonds. The lowest BCUT2D eigenvalue weighted by molar-refractivity contribution is -0.136. The van der Waals surface area contributed by atoms with Crippen LogP contribution >= 0.6 is 11.8 Å². The Hall–Kier alpha value is -1.86. The fourth-order valence-corrected chi connectivity index (χ4v) is 7.24. The second-order valence-corrected chi connectivity index (χ2v) is 12.7. The number of carbonyl (C=O) groups excluding carboxylic acids is 3. The molecule has 0 spiro atoms. The van der Waals surface area contributed by atoms with Crippen molar-refractivity contribution in [3.8, 4) is 0 Å². The number of fused-ring (bicyclic) bond motifs is 1. The highest BCUT2D eigenvalue weighted by Gasteiger charge is 2.39. The molecule has 0 bridgehead atoms. The highest BCUT2D eigenvalue weighted by molar-refractivity contribution is 7.99. The maximum Gasteiger partial charge on any atom is 0.255 e. The molecule has 0 aromatic heterocycles. The fourth-order valence-electron chi connectivity index (χ4n) is 6.15. The molecule has 2 heterocycles. The van der Waals surface area contributed by atoms with Gasteiger partial charge in [-0.3, -0.25) is 19.7 Å². The minimum atomic E-state index is -0.558. The van der Waals surface area contributed by atoms with E-state index in [0.717, 1.165) is 47.5 Å². The average Bonchev–Trinajstić information content (AvgIpc) is 3.19. The molecule has 204 valence electrons. The first kappa shape index (κ1) is 28.2. The number of piperidine rings is 1. The zero-order chi connectivity index (χ0) is 26.4. The molecule has 1 N–H and O–H groups in total. The van der Waals surface area contributed by atoms with Crippen molar-refractivity contribution >= 4 is 29.5 Å². The smallest absolute Gasteiger partial charge is 0.255 e. The van der Waals surface area contributed by atoms with E-state index in [4.69, 9.17) is 4.74 Å². The van der Waals surface area contributed by atoms with Gasteiger partial charge in [0.15, 0.2) is 0 Å². The van der Waals surface area contributed by atoms with Crippen molar-refractivity contribution < 1.29 is 19.1 Å². The zero-order valence-electron chi connectivity index (χ0n) is 22.8. The molecular formula is C30H44N2O4S. The monoisotopic (exact) mass is 528 g/mol. The molecule has 2 fully saturated rings. The quantitative estimate of drug-likeness (QED) is 0.206. The molecule has 6 nitrogen and oxygen atoms in total. The van der Waals surface area contributed by atoms with E-state index in [0.29, 0.717) is 30.6 Å². The van der Waals surface area contributed by atoms with Gasteiger partial charge in [-0.1, -0.05) is 52.5 Å². The largest absolute Gasteiger partial charge is 0.378 e. The van der Waals surface area contributed by atoms with Gasteiger partial charge in [-0.15, -0.1) is 11.8 Å². The van der Waals surface area contributed by atoms with Crippen molar-refractivity contribution in [3.05, 3.63) is 29.3 Å². The first-order valence-corrected chi connectivity index (χ1v) is 15.3. The van der Waals surface area contributed by atoms with Crippen LogP contribution in [-0.2, 0) is 20.9 Å². The van der Waals surface area contributed by atoms with Crippen molar-refractivity contribution in [1.82, 2.24) is 10.2 Å². The molecule has 1 saturated heterocycles. The lowest BCUT2D eigenvalue weighted by Crippen LogP contribution is -2.52. The number of thioether (sulfide) groups is 1. The van der Waals surface area contributed by atoms with E-state index in [2.05, 4.69) is 32.2 Å². The second-order valence-electron chi connectivity index (χ2n) is 11.5. The fraction of sp³-hybridized carbons (Fsp3) is 0.700. The summed E-state index contributed by atoms with van der Waals surface area (Å²) in [5.74, 6) is 2.53. The molecule has 1 aromatic rings. The SMILES string of the molecule is CC(C)C1CC[C@H](C)C[C@@H]1OCCCCCCCSc1cccc2c1CN(C1CCC(=O)NC1=O)C2=O. The molecule has 4 rings (SSSR count). The van der Waals surface area contributed by atoms with Crippen LogP contribution in [0, 0.1) is 17.8 Å². The van der Waals surface area contributed by atoms with Crippen LogP contribution < -0.4 is 5.32 Å². The Morgan fingerprint density at radius 1 is 1.05 bits per heavy atom. The van der Waals surface area contributed by atoms with Crippen LogP contribution in [0.1, 0.15) is 101 Å². The summed E-state index contributed by atoms with van der Waals surface area (Å²) in [6, 6.07) is 5.31. The number of imide groups is 1. The van der Waals surface area contributed by atoms with Crippen LogP contribution in [-0.4, -0.2) is 47.1 Å². The standard InChI is InChI=1S/C30H44N2O4S/c1-20(2)22-13-12-21(3)18-26(22)36-16-7-5-4-6-8-17-37-27-11-9-10-23-24(27)19-32(30(23)35)25-14-15-28(33)31-29(25)34/h9-11,20-22,25-26H,4-8,12-19H2,1-3H3,(H,31,33,34)/t21-,22?,25?,26-/m0/s1. The Labute approximate surface area is 226 Å². The number of carbonyl (C=O) groups is 3. The Morgan fingerprint density at radius 3 is 2.62 bits per heavy atom. The molecular weight excluding hydrogens is 484 g/mol. The van der Waals surface area contributed by atoms with Crippen LogP contribution in [0.4, 0.5) is 0 Å². The van der Waals surface area contributed by atoms with Gasteiger partial charge in [0.05, 0.1) is 6.10 Å². The van der Waals surface area contributed by atoms with Gasteiger partial charge in [-0.2, -0.15) is 0 Å². The molecule has 2 aliphatic heterocycles. The molecule has 3 aliphatic rings. The highest BCUT2D eigenvalue weighted by atomic mass is 32.2. The van der Waals surface area contributed by atoms with Crippen LogP contribution in [0.3, 0.4) is 0 Å². The van der Waals surface area contributed by atoms with E-state index in [9.17, 15) is 14.4 Å². The van der Waals surface area contributed by atoms with Crippen LogP contribution in [0.25, 0.3) is 0 Å². The number of hydrogen-bond acceptors (Lipinski definition) is 5. The third kappa shape index (κ3) is 7.17. The molecule has 7 heteroatoms. The first-order valence-electron chi connectivity index (χ1n) is 14.4. The van der Waals surface area contributed by atoms with Gasteiger partial charge in [-0.25, -0.2) is 0 Å². The minimum Gasteiger partial charge on any atom is -0.378 e. The number of nitrogens with zero attached hydrogens (tertiary/aromatic N) is 1. The zero-order valence-corrected chi connectivity index (χ0v) is 23.6. The predicted molar refractivity (Wildman–Crippen MR) is 147 cm³/mol. The third-order valence-corrected chi connectivity index (χ3v) is 9.56. The van der Waals surface area contributed by atoms with E-state index in [1.165, 1.54) is 38.5 Å². The second kappa shape index (κ2) is 13.3. The van der Waals surface area contributed by atoms with Gasteiger partial charge in [0.2, 0.25) is 11.8 Å². The summed E-state index contributed by atoms with van der Waals surface area (Å²) in [6.07, 6.45) is 11.0. The Bertz CT molecular complexity index is 965. The van der Waals surface area contributed by atoms with Crippen molar-refractivity contribution in [2.45, 2.75) is 109 Å². The first-order chi connectivity index (χ1) is 17.8. The van der Waals surface area contributed by atoms with Crippen LogP contribution in [0.15, 0.2) is 23.1 Å². The average molecular weight is 529 g/mol. The number of rotatable bonds is 12. The van der Waals surface area contributed by atoms with Crippen molar-refractivity contribution in [2.24, 2.45) is 17.8 Å². The van der Waals surface area contributed by atoms with Gasteiger partial charge < -0.3 is 9.64 Å². The maximum atomic E-state index is 13.0. The van der Waals surface area contributed by atoms with Crippen LogP contribution in [0.2, 0.25) is 0 Å². The summed E-state index contributed by atoms with van der Waals surface area (Å²) in [7, 11) is 0. The van der Waals surface area contributed by atoms with Gasteiger partial charge in [0.1, 0.15) is 6.04 Å². The van der Waals surface area contributed by atoms with E-state index < -0.39 is 6.04 Å². The van der Waals surface area contributed by atoms with E-state index in [1.807, 2.05) is 23.9 Å². The van der Waals surface area contributed by atoms with E-state index in [-0.39, 0.29) is 24.1 Å². The summed E-state index contributed by atoms with van der Waals surface area (Å²) in [4.78, 5) is 39.6. The number of ether oxygens (including phenoxy) is 1. The summed E-state index contributed by atoms with van der Waals surface area (Å²) < 4.78 is 6.35. The molecule has 37 heavy (non-hydrogen) atoms. The number of amides is 3. The van der Waals surface area contributed by atoms with E-state index in [1.54, 1.807) is 4.90 Å². The maximum absolute atomic E-state index is 13.0. The van der Waals surface area contributed by atoms with Crippen molar-refractivity contribution in [2.75, 3.05) is 12.4 Å². The lowest BCUT2D eigenvalue weighted by Gasteiger charge is -2.37. The van der Waals surface area contributed by atoms with Gasteiger partial charge in [0.25, 0.3) is 5.91 Å². The normalized spacial score (nSPS) is 26.1. The number of nitrogens with one attached hydrogen (secondary N) is 1. The third-order valence-electron chi connectivity index (χ3n) is 8.38. The lowest BCUT2D eigenvalue weighted by atomic mass is 9.75. The number of unbranched alkanes of at least 4 members (excludes halogenated alkanes) is 4. The Kier molecular flexibility index (Phi) is 10.1. The van der Waals surface area contributed by atoms with Gasteiger partial charge in [-0.05, 0) is 73.3 Å². The predicted octanol–water partition coefficient (Wildman–Crippen LogP) is 5.97. The Balaban J connectivity index is 1.14. The molecule has 1 aromatic carbocycles. The molecule has 0 radical (unpaired) electrons.